The summed E-state index contributed by atoms with van der Waals surface area (Å²) in [6.07, 6.45) is -2.93. The second-order valence-corrected chi connectivity index (χ2v) is 6.06. The zero-order valence-electron chi connectivity index (χ0n) is 11.2. The van der Waals surface area contributed by atoms with E-state index in [-0.39, 0.29) is 4.90 Å². The highest BCUT2D eigenvalue weighted by molar-refractivity contribution is 7.86. The molecule has 0 aromatic heterocycles. The molecule has 0 amide bonds. The third-order valence-corrected chi connectivity index (χ3v) is 4.20. The Morgan fingerprint density at radius 2 is 1.68 bits per heavy atom. The van der Waals surface area contributed by atoms with Gasteiger partial charge in [-0.15, -0.1) is 0 Å². The Bertz CT molecular complexity index is 826. The van der Waals surface area contributed by atoms with Gasteiger partial charge in [-0.05, 0) is 22.9 Å². The lowest BCUT2D eigenvalue weighted by Gasteiger charge is -2.12. The van der Waals surface area contributed by atoms with Crippen LogP contribution in [-0.4, -0.2) is 36.7 Å². The van der Waals surface area contributed by atoms with Crippen molar-refractivity contribution in [2.75, 3.05) is 0 Å². The summed E-state index contributed by atoms with van der Waals surface area (Å²) < 4.78 is 28.7. The quantitative estimate of drug-likeness (QED) is 0.772. The number of hydrogen-bond donors (Lipinski definition) is 2. The van der Waals surface area contributed by atoms with E-state index in [2.05, 4.69) is 4.18 Å². The molecule has 0 saturated carbocycles. The van der Waals surface area contributed by atoms with Crippen LogP contribution in [0.25, 0.3) is 10.8 Å². The average molecular weight is 324 g/mol. The Hall–Kier alpha value is -2.45. The molecule has 0 saturated heterocycles. The van der Waals surface area contributed by atoms with E-state index in [1.54, 1.807) is 30.3 Å². The molecule has 0 heterocycles. The molecule has 0 spiro atoms. The second kappa shape index (κ2) is 6.12. The van der Waals surface area contributed by atoms with Crippen LogP contribution in [0.2, 0.25) is 0 Å². The van der Waals surface area contributed by atoms with Crippen molar-refractivity contribution in [3.63, 3.8) is 0 Å². The van der Waals surface area contributed by atoms with Crippen molar-refractivity contribution in [2.45, 2.75) is 17.4 Å². The third kappa shape index (κ3) is 3.60. The van der Waals surface area contributed by atoms with Crippen molar-refractivity contribution in [3.05, 3.63) is 42.5 Å². The van der Waals surface area contributed by atoms with Crippen LogP contribution in [0.15, 0.2) is 47.4 Å². The van der Waals surface area contributed by atoms with Gasteiger partial charge in [-0.1, -0.05) is 30.3 Å². The molecule has 22 heavy (non-hydrogen) atoms. The van der Waals surface area contributed by atoms with Crippen molar-refractivity contribution in [1.82, 2.24) is 0 Å². The fourth-order valence-electron chi connectivity index (χ4n) is 1.85. The van der Waals surface area contributed by atoms with E-state index in [0.29, 0.717) is 5.39 Å². The standard InChI is InChI=1S/C14H12O7S/c15-13(16)8-12(14(17)18)21-22(19,20)11-6-5-9-3-1-2-4-10(9)7-11/h1-7,12H,8H2,(H,15,16)(H,17,18). The molecule has 2 rings (SSSR count). The lowest BCUT2D eigenvalue weighted by Crippen LogP contribution is -2.29. The van der Waals surface area contributed by atoms with E-state index >= 15 is 0 Å². The number of carboxylic acid groups (broad SMARTS) is 2. The predicted octanol–water partition coefficient (Wildman–Crippen LogP) is 1.47. The van der Waals surface area contributed by atoms with Gasteiger partial charge < -0.3 is 10.2 Å². The first-order valence-corrected chi connectivity index (χ1v) is 7.57. The summed E-state index contributed by atoms with van der Waals surface area (Å²) >= 11 is 0. The lowest BCUT2D eigenvalue weighted by atomic mass is 10.1. The summed E-state index contributed by atoms with van der Waals surface area (Å²) in [4.78, 5) is 21.2. The lowest BCUT2D eigenvalue weighted by molar-refractivity contribution is -0.151. The normalized spacial score (nSPS) is 12.9. The molecule has 0 aliphatic heterocycles. The van der Waals surface area contributed by atoms with E-state index < -0.39 is 34.6 Å². The molecule has 1 atom stereocenters. The minimum absolute atomic E-state index is 0.233. The van der Waals surface area contributed by atoms with Crippen molar-refractivity contribution in [3.8, 4) is 0 Å². The highest BCUT2D eigenvalue weighted by Crippen LogP contribution is 2.21. The van der Waals surface area contributed by atoms with Crippen LogP contribution in [0, 0.1) is 0 Å². The van der Waals surface area contributed by atoms with Crippen molar-refractivity contribution >= 4 is 32.8 Å². The molecule has 7 nitrogen and oxygen atoms in total. The Labute approximate surface area is 125 Å². The predicted molar refractivity (Wildman–Crippen MR) is 75.9 cm³/mol. The van der Waals surface area contributed by atoms with E-state index in [1.165, 1.54) is 12.1 Å². The van der Waals surface area contributed by atoms with Gasteiger partial charge in [-0.25, -0.2) is 4.79 Å². The van der Waals surface area contributed by atoms with Crippen LogP contribution < -0.4 is 0 Å². The summed E-state index contributed by atoms with van der Waals surface area (Å²) in [7, 11) is -4.39. The van der Waals surface area contributed by atoms with Gasteiger partial charge in [-0.3, -0.25) is 8.98 Å². The van der Waals surface area contributed by atoms with Crippen LogP contribution in [0.5, 0.6) is 0 Å². The van der Waals surface area contributed by atoms with Crippen LogP contribution in [0.1, 0.15) is 6.42 Å². The minimum Gasteiger partial charge on any atom is -0.481 e. The zero-order valence-corrected chi connectivity index (χ0v) is 12.0. The maximum atomic E-state index is 12.1. The van der Waals surface area contributed by atoms with Crippen molar-refractivity contribution in [1.29, 1.82) is 0 Å². The molecule has 0 bridgehead atoms. The molecular formula is C14H12O7S. The topological polar surface area (TPSA) is 118 Å². The number of hydrogen-bond acceptors (Lipinski definition) is 5. The first-order valence-electron chi connectivity index (χ1n) is 6.16. The highest BCUT2D eigenvalue weighted by atomic mass is 32.2. The zero-order chi connectivity index (χ0) is 16.3. The summed E-state index contributed by atoms with van der Waals surface area (Å²) in [5, 5.41) is 18.9. The number of aliphatic carboxylic acids is 2. The van der Waals surface area contributed by atoms with E-state index in [0.717, 1.165) is 5.39 Å². The summed E-state index contributed by atoms with van der Waals surface area (Å²) in [6.45, 7) is 0. The fourth-order valence-corrected chi connectivity index (χ4v) is 2.93. The maximum absolute atomic E-state index is 12.1. The van der Waals surface area contributed by atoms with Gasteiger partial charge in [0.15, 0.2) is 6.10 Å². The third-order valence-electron chi connectivity index (χ3n) is 2.89. The Kier molecular flexibility index (Phi) is 4.43. The fraction of sp³-hybridized carbons (Fsp3) is 0.143. The van der Waals surface area contributed by atoms with E-state index in [1.807, 2.05) is 0 Å². The average Bonchev–Trinajstić information content (AvgIpc) is 2.45. The molecule has 1 unspecified atom stereocenters. The monoisotopic (exact) mass is 324 g/mol. The molecule has 8 heteroatoms. The largest absolute Gasteiger partial charge is 0.481 e. The number of carboxylic acids is 2. The highest BCUT2D eigenvalue weighted by Gasteiger charge is 2.29. The second-order valence-electron chi connectivity index (χ2n) is 4.48. The van der Waals surface area contributed by atoms with Gasteiger partial charge in [0.05, 0.1) is 11.3 Å². The molecule has 0 fully saturated rings. The number of rotatable bonds is 6. The van der Waals surface area contributed by atoms with Gasteiger partial charge in [0.2, 0.25) is 0 Å². The SMILES string of the molecule is O=C(O)CC(OS(=O)(=O)c1ccc2ccccc2c1)C(=O)O. The molecule has 116 valence electrons. The van der Waals surface area contributed by atoms with Gasteiger partial charge in [-0.2, -0.15) is 8.42 Å². The molecule has 2 aromatic rings. The minimum atomic E-state index is -4.39. The molecule has 2 N–H and O–H groups in total. The van der Waals surface area contributed by atoms with E-state index in [9.17, 15) is 18.0 Å². The maximum Gasteiger partial charge on any atom is 0.335 e. The Balaban J connectivity index is 2.34. The van der Waals surface area contributed by atoms with Crippen LogP contribution >= 0.6 is 0 Å². The Morgan fingerprint density at radius 1 is 1.05 bits per heavy atom. The van der Waals surface area contributed by atoms with Gasteiger partial charge in [0.1, 0.15) is 0 Å². The summed E-state index contributed by atoms with van der Waals surface area (Å²) in [6, 6.07) is 11.2. The molecular weight excluding hydrogens is 312 g/mol. The smallest absolute Gasteiger partial charge is 0.335 e. The number of fused-ring (bicyclic) bond motifs is 1. The van der Waals surface area contributed by atoms with Gasteiger partial charge in [0.25, 0.3) is 10.1 Å². The molecule has 2 aromatic carbocycles. The van der Waals surface area contributed by atoms with Crippen LogP contribution in [-0.2, 0) is 23.9 Å². The first kappa shape index (κ1) is 15.9. The van der Waals surface area contributed by atoms with Crippen LogP contribution in [0.3, 0.4) is 0 Å². The summed E-state index contributed by atoms with van der Waals surface area (Å²) in [5.41, 5.74) is 0. The number of carbonyl (C=O) groups is 2. The molecule has 0 aliphatic rings. The van der Waals surface area contributed by atoms with Gasteiger partial charge >= 0.3 is 11.9 Å². The van der Waals surface area contributed by atoms with Crippen LogP contribution in [0.4, 0.5) is 0 Å². The molecule has 0 radical (unpaired) electrons. The van der Waals surface area contributed by atoms with Crippen molar-refractivity contribution in [2.24, 2.45) is 0 Å². The summed E-state index contributed by atoms with van der Waals surface area (Å²) in [5.74, 6) is -3.13. The number of benzene rings is 2. The Morgan fingerprint density at radius 3 is 2.27 bits per heavy atom. The van der Waals surface area contributed by atoms with E-state index in [4.69, 9.17) is 10.2 Å². The first-order chi connectivity index (χ1) is 10.3. The van der Waals surface area contributed by atoms with Gasteiger partial charge in [0, 0.05) is 0 Å². The molecule has 0 aliphatic carbocycles. The van der Waals surface area contributed by atoms with Crippen molar-refractivity contribution < 1.29 is 32.4 Å².